The van der Waals surface area contributed by atoms with E-state index in [1.807, 2.05) is 7.05 Å². The Labute approximate surface area is 172 Å². The van der Waals surface area contributed by atoms with Crippen LogP contribution in [0, 0.1) is 0 Å². The van der Waals surface area contributed by atoms with Gasteiger partial charge in [-0.25, -0.2) is 4.68 Å². The number of rotatable bonds is 3. The monoisotopic (exact) mass is 423 g/mol. The fourth-order valence-electron chi connectivity index (χ4n) is 3.98. The molecule has 30 heavy (non-hydrogen) atoms. The SMILES string of the molecule is COc1cccc(C2CC(C(F)(F)F)n3ncc(C(=O)N4CCN(C)CC4)c3N2)c1. The summed E-state index contributed by atoms with van der Waals surface area (Å²) in [7, 11) is 3.48. The number of piperazine rings is 1. The highest BCUT2D eigenvalue weighted by Gasteiger charge is 2.47. The second kappa shape index (κ2) is 7.82. The molecule has 2 atom stereocenters. The van der Waals surface area contributed by atoms with E-state index in [4.69, 9.17) is 4.74 Å². The van der Waals surface area contributed by atoms with Crippen molar-refractivity contribution in [2.75, 3.05) is 45.7 Å². The smallest absolute Gasteiger partial charge is 0.410 e. The van der Waals surface area contributed by atoms with Crippen LogP contribution in [0.3, 0.4) is 0 Å². The number of carbonyl (C=O) groups is 1. The van der Waals surface area contributed by atoms with Crippen LogP contribution >= 0.6 is 0 Å². The van der Waals surface area contributed by atoms with Crippen LogP contribution < -0.4 is 10.1 Å². The van der Waals surface area contributed by atoms with Gasteiger partial charge >= 0.3 is 6.18 Å². The molecule has 162 valence electrons. The van der Waals surface area contributed by atoms with Gasteiger partial charge in [0.05, 0.1) is 19.3 Å². The summed E-state index contributed by atoms with van der Waals surface area (Å²) in [6.45, 7) is 2.50. The summed E-state index contributed by atoms with van der Waals surface area (Å²) in [4.78, 5) is 16.8. The number of fused-ring (bicyclic) bond motifs is 1. The van der Waals surface area contributed by atoms with Gasteiger partial charge in [0.15, 0.2) is 6.04 Å². The van der Waals surface area contributed by atoms with Crippen LogP contribution in [-0.4, -0.2) is 72.0 Å². The van der Waals surface area contributed by atoms with Gasteiger partial charge in [-0.15, -0.1) is 0 Å². The highest BCUT2D eigenvalue weighted by atomic mass is 19.4. The Hall–Kier alpha value is -2.75. The van der Waals surface area contributed by atoms with E-state index in [1.165, 1.54) is 13.3 Å². The van der Waals surface area contributed by atoms with E-state index >= 15 is 0 Å². The van der Waals surface area contributed by atoms with E-state index in [-0.39, 0.29) is 23.7 Å². The molecule has 2 aliphatic heterocycles. The Bertz CT molecular complexity index is 921. The number of likely N-dealkylation sites (N-methyl/N-ethyl adjacent to an activating group) is 1. The molecule has 1 saturated heterocycles. The first-order valence-electron chi connectivity index (χ1n) is 9.80. The number of nitrogens with one attached hydrogen (secondary N) is 1. The third-order valence-electron chi connectivity index (χ3n) is 5.76. The second-order valence-corrected chi connectivity index (χ2v) is 7.71. The molecule has 0 bridgehead atoms. The third kappa shape index (κ3) is 3.83. The molecule has 0 saturated carbocycles. The molecular formula is C20H24F3N5O2. The molecule has 1 aromatic heterocycles. The van der Waals surface area contributed by atoms with Crippen molar-refractivity contribution < 1.29 is 22.7 Å². The summed E-state index contributed by atoms with van der Waals surface area (Å²) in [5, 5.41) is 7.08. The van der Waals surface area contributed by atoms with Gasteiger partial charge in [0.25, 0.3) is 5.91 Å². The Morgan fingerprint density at radius 2 is 1.97 bits per heavy atom. The van der Waals surface area contributed by atoms with Crippen molar-refractivity contribution in [1.29, 1.82) is 0 Å². The molecule has 1 fully saturated rings. The summed E-state index contributed by atoms with van der Waals surface area (Å²) < 4.78 is 47.7. The number of aromatic nitrogens is 2. The van der Waals surface area contributed by atoms with Crippen LogP contribution in [-0.2, 0) is 0 Å². The van der Waals surface area contributed by atoms with Crippen LogP contribution in [0.15, 0.2) is 30.5 Å². The summed E-state index contributed by atoms with van der Waals surface area (Å²) in [5.41, 5.74) is 0.829. The van der Waals surface area contributed by atoms with Crippen LogP contribution in [0.25, 0.3) is 0 Å². The van der Waals surface area contributed by atoms with Crippen molar-refractivity contribution >= 4 is 11.7 Å². The lowest BCUT2D eigenvalue weighted by atomic mass is 9.96. The van der Waals surface area contributed by atoms with Gasteiger partial charge in [-0.1, -0.05) is 12.1 Å². The molecule has 4 rings (SSSR count). The maximum atomic E-state index is 13.8. The number of methoxy groups -OCH3 is 1. The van der Waals surface area contributed by atoms with Crippen LogP contribution in [0.4, 0.5) is 19.0 Å². The van der Waals surface area contributed by atoms with E-state index in [9.17, 15) is 18.0 Å². The van der Waals surface area contributed by atoms with E-state index < -0.39 is 18.3 Å². The Morgan fingerprint density at radius 1 is 1.23 bits per heavy atom. The van der Waals surface area contributed by atoms with Crippen LogP contribution in [0.2, 0.25) is 0 Å². The van der Waals surface area contributed by atoms with Crippen molar-refractivity contribution in [3.63, 3.8) is 0 Å². The van der Waals surface area contributed by atoms with Crippen molar-refractivity contribution in [2.24, 2.45) is 0 Å². The van der Waals surface area contributed by atoms with Gasteiger partial charge in [-0.05, 0) is 24.7 Å². The topological polar surface area (TPSA) is 62.6 Å². The fourth-order valence-corrected chi connectivity index (χ4v) is 3.98. The predicted octanol–water partition coefficient (Wildman–Crippen LogP) is 2.94. The number of anilines is 1. The molecular weight excluding hydrogens is 399 g/mol. The zero-order chi connectivity index (χ0) is 21.5. The first kappa shape index (κ1) is 20.5. The minimum Gasteiger partial charge on any atom is -0.497 e. The van der Waals surface area contributed by atoms with Gasteiger partial charge in [-0.2, -0.15) is 18.3 Å². The quantitative estimate of drug-likeness (QED) is 0.823. The maximum Gasteiger partial charge on any atom is 0.410 e. The average molecular weight is 423 g/mol. The highest BCUT2D eigenvalue weighted by molar-refractivity contribution is 5.99. The number of carbonyl (C=O) groups excluding carboxylic acids is 1. The minimum absolute atomic E-state index is 0.111. The van der Waals surface area contributed by atoms with Crippen molar-refractivity contribution in [3.05, 3.63) is 41.6 Å². The molecule has 10 heteroatoms. The molecule has 1 N–H and O–H groups in total. The lowest BCUT2D eigenvalue weighted by Crippen LogP contribution is -2.47. The summed E-state index contributed by atoms with van der Waals surface area (Å²) in [6, 6.07) is 4.48. The van der Waals surface area contributed by atoms with Gasteiger partial charge in [0, 0.05) is 32.6 Å². The number of hydrogen-bond donors (Lipinski definition) is 1. The fraction of sp³-hybridized carbons (Fsp3) is 0.500. The van der Waals surface area contributed by atoms with E-state index in [0.717, 1.165) is 17.8 Å². The summed E-state index contributed by atoms with van der Waals surface area (Å²) >= 11 is 0. The molecule has 2 unspecified atom stereocenters. The van der Waals surface area contributed by atoms with E-state index in [2.05, 4.69) is 15.3 Å². The van der Waals surface area contributed by atoms with Gasteiger partial charge in [0.2, 0.25) is 0 Å². The molecule has 0 spiro atoms. The minimum atomic E-state index is -4.49. The molecule has 7 nitrogen and oxygen atoms in total. The third-order valence-corrected chi connectivity index (χ3v) is 5.76. The highest BCUT2D eigenvalue weighted by Crippen LogP contribution is 2.44. The lowest BCUT2D eigenvalue weighted by molar-refractivity contribution is -0.173. The number of benzene rings is 1. The molecule has 1 amide bonds. The lowest BCUT2D eigenvalue weighted by Gasteiger charge is -2.35. The van der Waals surface area contributed by atoms with Crippen molar-refractivity contribution in [2.45, 2.75) is 24.7 Å². The molecule has 1 aromatic carbocycles. The molecule has 2 aromatic rings. The summed E-state index contributed by atoms with van der Waals surface area (Å²) in [5.74, 6) is 0.370. The van der Waals surface area contributed by atoms with Gasteiger partial charge < -0.3 is 19.9 Å². The summed E-state index contributed by atoms with van der Waals surface area (Å²) in [6.07, 6.45) is -3.47. The zero-order valence-electron chi connectivity index (χ0n) is 16.8. The molecule has 3 heterocycles. The molecule has 0 aliphatic carbocycles. The Morgan fingerprint density at radius 3 is 2.63 bits per heavy atom. The number of amides is 1. The van der Waals surface area contributed by atoms with Gasteiger partial charge in [-0.3, -0.25) is 4.79 Å². The average Bonchev–Trinajstić information content (AvgIpc) is 3.16. The molecule has 0 radical (unpaired) electrons. The normalized spacial score (nSPS) is 22.4. The van der Waals surface area contributed by atoms with Crippen molar-refractivity contribution in [3.8, 4) is 5.75 Å². The number of halogens is 3. The first-order valence-corrected chi connectivity index (χ1v) is 9.80. The van der Waals surface area contributed by atoms with Crippen molar-refractivity contribution in [1.82, 2.24) is 19.6 Å². The van der Waals surface area contributed by atoms with Crippen LogP contribution in [0.5, 0.6) is 5.75 Å². The maximum absolute atomic E-state index is 13.8. The second-order valence-electron chi connectivity index (χ2n) is 7.71. The number of hydrogen-bond acceptors (Lipinski definition) is 5. The standard InChI is InChI=1S/C20H24F3N5O2/c1-26-6-8-27(9-7-26)19(29)15-12-24-28-17(20(21,22)23)11-16(25-18(15)28)13-4-3-5-14(10-13)30-2/h3-5,10,12,16-17,25H,6-9,11H2,1-2H3. The van der Waals surface area contributed by atoms with Gasteiger partial charge in [0.1, 0.15) is 17.1 Å². The molecule has 2 aliphatic rings. The number of ether oxygens (including phenoxy) is 1. The Balaban J connectivity index is 1.68. The first-order chi connectivity index (χ1) is 14.3. The van der Waals surface area contributed by atoms with E-state index in [1.54, 1.807) is 29.2 Å². The number of alkyl halides is 3. The number of nitrogens with zero attached hydrogens (tertiary/aromatic N) is 4. The van der Waals surface area contributed by atoms with Crippen LogP contribution in [0.1, 0.15) is 34.4 Å². The predicted molar refractivity (Wildman–Crippen MR) is 105 cm³/mol. The zero-order valence-corrected chi connectivity index (χ0v) is 16.8. The van der Waals surface area contributed by atoms with E-state index in [0.29, 0.717) is 24.4 Å². The Kier molecular flexibility index (Phi) is 5.35. The largest absolute Gasteiger partial charge is 0.497 e.